The van der Waals surface area contributed by atoms with Crippen LogP contribution in [0.2, 0.25) is 10.0 Å². The largest absolute Gasteiger partial charge is 0.396 e. The molecule has 0 spiro atoms. The topological polar surface area (TPSA) is 66.4 Å². The van der Waals surface area contributed by atoms with Gasteiger partial charge >= 0.3 is 0 Å². The van der Waals surface area contributed by atoms with Gasteiger partial charge in [0, 0.05) is 22.9 Å². The van der Waals surface area contributed by atoms with Gasteiger partial charge in [0.25, 0.3) is 10.0 Å². The molecule has 0 aliphatic heterocycles. The summed E-state index contributed by atoms with van der Waals surface area (Å²) in [7, 11) is -3.69. The number of aliphatic hydroxyl groups is 1. The number of nitrogens with one attached hydrogen (secondary N) is 1. The Morgan fingerprint density at radius 3 is 2.60 bits per heavy atom. The van der Waals surface area contributed by atoms with E-state index in [1.807, 2.05) is 0 Å². The van der Waals surface area contributed by atoms with E-state index in [4.69, 9.17) is 28.3 Å². The van der Waals surface area contributed by atoms with E-state index in [1.54, 1.807) is 12.1 Å². The van der Waals surface area contributed by atoms with Crippen LogP contribution in [0, 0.1) is 0 Å². The fourth-order valence-electron chi connectivity index (χ4n) is 1.51. The standard InChI is InChI=1S/C12H11Cl2NO3S2/c13-8-1-3-11(10(14)7-8)15-20(17,18)12-4-2-9(19-12)5-6-16/h1-4,7,15-16H,5-6H2. The van der Waals surface area contributed by atoms with Gasteiger partial charge in [-0.2, -0.15) is 0 Å². The molecule has 0 saturated carbocycles. The molecular formula is C12H11Cl2NO3S2. The molecule has 0 saturated heterocycles. The molecule has 1 aromatic heterocycles. The van der Waals surface area contributed by atoms with E-state index in [0.717, 1.165) is 16.2 Å². The minimum Gasteiger partial charge on any atom is -0.396 e. The first-order valence-electron chi connectivity index (χ1n) is 5.60. The maximum Gasteiger partial charge on any atom is 0.271 e. The van der Waals surface area contributed by atoms with Crippen LogP contribution in [0.15, 0.2) is 34.5 Å². The summed E-state index contributed by atoms with van der Waals surface area (Å²) in [6.45, 7) is -0.0174. The summed E-state index contributed by atoms with van der Waals surface area (Å²) in [4.78, 5) is 0.801. The van der Waals surface area contributed by atoms with Crippen LogP contribution in [0.1, 0.15) is 4.88 Å². The lowest BCUT2D eigenvalue weighted by molar-refractivity contribution is 0.300. The molecular weight excluding hydrogens is 341 g/mol. The zero-order valence-electron chi connectivity index (χ0n) is 10.1. The second kappa shape index (κ2) is 6.32. The molecule has 8 heteroatoms. The van der Waals surface area contributed by atoms with Crippen LogP contribution in [0.3, 0.4) is 0 Å². The van der Waals surface area contributed by atoms with Crippen LogP contribution in [-0.2, 0) is 16.4 Å². The number of halogens is 2. The quantitative estimate of drug-likeness (QED) is 0.867. The molecule has 0 atom stereocenters. The summed E-state index contributed by atoms with van der Waals surface area (Å²) in [5, 5.41) is 9.50. The average molecular weight is 352 g/mol. The van der Waals surface area contributed by atoms with E-state index >= 15 is 0 Å². The zero-order valence-corrected chi connectivity index (χ0v) is 13.3. The van der Waals surface area contributed by atoms with E-state index in [2.05, 4.69) is 4.72 Å². The normalized spacial score (nSPS) is 11.6. The van der Waals surface area contributed by atoms with Gasteiger partial charge in [0.1, 0.15) is 4.21 Å². The van der Waals surface area contributed by atoms with Crippen LogP contribution in [0.25, 0.3) is 0 Å². The fraction of sp³-hybridized carbons (Fsp3) is 0.167. The molecule has 20 heavy (non-hydrogen) atoms. The second-order valence-electron chi connectivity index (χ2n) is 3.92. The Bertz CT molecular complexity index is 713. The van der Waals surface area contributed by atoms with E-state index in [-0.39, 0.29) is 21.5 Å². The van der Waals surface area contributed by atoms with Gasteiger partial charge < -0.3 is 5.11 Å². The highest BCUT2D eigenvalue weighted by Crippen LogP contribution is 2.29. The van der Waals surface area contributed by atoms with Crippen molar-refractivity contribution in [1.82, 2.24) is 0 Å². The van der Waals surface area contributed by atoms with Crippen molar-refractivity contribution in [2.75, 3.05) is 11.3 Å². The summed E-state index contributed by atoms with van der Waals surface area (Å²) in [6.07, 6.45) is 0.432. The molecule has 1 heterocycles. The summed E-state index contributed by atoms with van der Waals surface area (Å²) < 4.78 is 27.0. The van der Waals surface area contributed by atoms with Gasteiger partial charge in [-0.3, -0.25) is 4.72 Å². The van der Waals surface area contributed by atoms with Gasteiger partial charge in [-0.15, -0.1) is 11.3 Å². The van der Waals surface area contributed by atoms with Gasteiger partial charge in [-0.1, -0.05) is 23.2 Å². The lowest BCUT2D eigenvalue weighted by Crippen LogP contribution is -2.11. The van der Waals surface area contributed by atoms with Gasteiger partial charge in [0.15, 0.2) is 0 Å². The summed E-state index contributed by atoms with van der Waals surface area (Å²) in [6, 6.07) is 7.70. The molecule has 4 nitrogen and oxygen atoms in total. The number of sulfonamides is 1. The van der Waals surface area contributed by atoms with Crippen molar-refractivity contribution in [2.45, 2.75) is 10.6 Å². The molecule has 1 aromatic carbocycles. The van der Waals surface area contributed by atoms with Crippen molar-refractivity contribution in [3.05, 3.63) is 45.3 Å². The van der Waals surface area contributed by atoms with Gasteiger partial charge in [0.05, 0.1) is 10.7 Å². The zero-order chi connectivity index (χ0) is 14.8. The number of aliphatic hydroxyl groups excluding tert-OH is 1. The first-order chi connectivity index (χ1) is 9.42. The maximum absolute atomic E-state index is 12.2. The Morgan fingerprint density at radius 2 is 1.95 bits per heavy atom. The molecule has 2 rings (SSSR count). The number of anilines is 1. The van der Waals surface area contributed by atoms with Crippen molar-refractivity contribution >= 4 is 50.2 Å². The third kappa shape index (κ3) is 3.65. The number of hydrogen-bond acceptors (Lipinski definition) is 4. The van der Waals surface area contributed by atoms with Crippen molar-refractivity contribution in [3.8, 4) is 0 Å². The molecule has 2 N–H and O–H groups in total. The van der Waals surface area contributed by atoms with Crippen LogP contribution in [0.4, 0.5) is 5.69 Å². The monoisotopic (exact) mass is 351 g/mol. The average Bonchev–Trinajstić information content (AvgIpc) is 2.83. The summed E-state index contributed by atoms with van der Waals surface area (Å²) >= 11 is 12.8. The van der Waals surface area contributed by atoms with Gasteiger partial charge in [-0.05, 0) is 30.3 Å². The fourth-order valence-corrected chi connectivity index (χ4v) is 4.45. The third-order valence-corrected chi connectivity index (χ3v) is 5.99. The van der Waals surface area contributed by atoms with Crippen molar-refractivity contribution in [3.63, 3.8) is 0 Å². The first-order valence-corrected chi connectivity index (χ1v) is 8.65. The maximum atomic E-state index is 12.2. The van der Waals surface area contributed by atoms with Crippen LogP contribution in [-0.4, -0.2) is 20.1 Å². The highest BCUT2D eigenvalue weighted by molar-refractivity contribution is 7.94. The van der Waals surface area contributed by atoms with Crippen molar-refractivity contribution in [2.24, 2.45) is 0 Å². The Labute approximate surface area is 131 Å². The van der Waals surface area contributed by atoms with Gasteiger partial charge in [-0.25, -0.2) is 8.42 Å². The lowest BCUT2D eigenvalue weighted by atomic mass is 10.3. The van der Waals surface area contributed by atoms with E-state index in [9.17, 15) is 8.42 Å². The SMILES string of the molecule is O=S(=O)(Nc1ccc(Cl)cc1Cl)c1ccc(CCO)s1. The molecule has 0 unspecified atom stereocenters. The molecule has 0 amide bonds. The predicted molar refractivity (Wildman–Crippen MR) is 82.4 cm³/mol. The Balaban J connectivity index is 2.26. The Morgan fingerprint density at radius 1 is 1.20 bits per heavy atom. The van der Waals surface area contributed by atoms with Crippen LogP contribution in [0.5, 0.6) is 0 Å². The van der Waals surface area contributed by atoms with Crippen molar-refractivity contribution in [1.29, 1.82) is 0 Å². The van der Waals surface area contributed by atoms with Crippen molar-refractivity contribution < 1.29 is 13.5 Å². The molecule has 0 bridgehead atoms. The predicted octanol–water partition coefficient (Wildman–Crippen LogP) is 3.39. The van der Waals surface area contributed by atoms with E-state index in [1.165, 1.54) is 18.2 Å². The number of rotatable bonds is 5. The minimum atomic E-state index is -3.69. The third-order valence-electron chi connectivity index (χ3n) is 2.44. The minimum absolute atomic E-state index is 0.0174. The van der Waals surface area contributed by atoms with Gasteiger partial charge in [0.2, 0.25) is 0 Å². The summed E-state index contributed by atoms with van der Waals surface area (Å²) in [5.74, 6) is 0. The molecule has 0 fully saturated rings. The lowest BCUT2D eigenvalue weighted by Gasteiger charge is -2.08. The first kappa shape index (κ1) is 15.6. The smallest absolute Gasteiger partial charge is 0.271 e. The number of thiophene rings is 1. The highest BCUT2D eigenvalue weighted by Gasteiger charge is 2.18. The molecule has 108 valence electrons. The Hall–Kier alpha value is -0.790. The van der Waals surface area contributed by atoms with E-state index in [0.29, 0.717) is 11.4 Å². The summed E-state index contributed by atoms with van der Waals surface area (Å²) in [5.41, 5.74) is 0.271. The van der Waals surface area contributed by atoms with Crippen LogP contribution >= 0.6 is 34.5 Å². The highest BCUT2D eigenvalue weighted by atomic mass is 35.5. The molecule has 0 aliphatic carbocycles. The molecule has 2 aromatic rings. The van der Waals surface area contributed by atoms with Crippen LogP contribution < -0.4 is 4.72 Å². The number of benzene rings is 1. The number of hydrogen-bond donors (Lipinski definition) is 2. The second-order valence-corrected chi connectivity index (χ2v) is 7.85. The van der Waals surface area contributed by atoms with E-state index < -0.39 is 10.0 Å². The molecule has 0 aliphatic rings. The Kier molecular flexibility index (Phi) is 4.93. The molecule has 0 radical (unpaired) electrons.